The lowest BCUT2D eigenvalue weighted by Crippen LogP contribution is -2.35. The van der Waals surface area contributed by atoms with Crippen molar-refractivity contribution < 1.29 is 22.7 Å². The normalized spacial score (nSPS) is 15.0. The molecule has 1 aliphatic heterocycles. The number of sulfonamides is 1. The van der Waals surface area contributed by atoms with Crippen LogP contribution >= 0.6 is 0 Å². The van der Waals surface area contributed by atoms with Gasteiger partial charge in [-0.05, 0) is 37.1 Å². The molecule has 0 unspecified atom stereocenters. The van der Waals surface area contributed by atoms with E-state index in [9.17, 15) is 13.2 Å². The highest BCUT2D eigenvalue weighted by molar-refractivity contribution is 7.89. The predicted molar refractivity (Wildman–Crippen MR) is 111 cm³/mol. The number of hydrogen-bond donors (Lipinski definition) is 1. The van der Waals surface area contributed by atoms with Gasteiger partial charge in [0.25, 0.3) is 0 Å². The van der Waals surface area contributed by atoms with Crippen molar-refractivity contribution in [2.75, 3.05) is 32.6 Å². The summed E-state index contributed by atoms with van der Waals surface area (Å²) in [5.41, 5.74) is 1.16. The molecule has 1 saturated heterocycles. The van der Waals surface area contributed by atoms with E-state index >= 15 is 0 Å². The second-order valence-electron chi connectivity index (χ2n) is 6.87. The van der Waals surface area contributed by atoms with E-state index in [2.05, 4.69) is 5.32 Å². The summed E-state index contributed by atoms with van der Waals surface area (Å²) >= 11 is 0. The molecule has 1 aliphatic rings. The quantitative estimate of drug-likeness (QED) is 0.747. The number of nitrogens with zero attached hydrogens (tertiary/aromatic N) is 1. The number of rotatable bonds is 7. The van der Waals surface area contributed by atoms with Gasteiger partial charge in [-0.1, -0.05) is 24.6 Å². The first-order chi connectivity index (χ1) is 14.0. The minimum absolute atomic E-state index is 0.0667. The van der Waals surface area contributed by atoms with Gasteiger partial charge in [0, 0.05) is 24.3 Å². The molecule has 0 saturated carbocycles. The lowest BCUT2D eigenvalue weighted by molar-refractivity contribution is -0.115. The fraction of sp³-hybridized carbons (Fsp3) is 0.381. The summed E-state index contributed by atoms with van der Waals surface area (Å²) in [4.78, 5) is 12.6. The molecule has 0 aliphatic carbocycles. The molecular formula is C21H26N2O5S. The molecule has 8 heteroatoms. The Morgan fingerprint density at radius 3 is 2.38 bits per heavy atom. The van der Waals surface area contributed by atoms with E-state index in [-0.39, 0.29) is 23.0 Å². The van der Waals surface area contributed by atoms with Gasteiger partial charge in [0.1, 0.15) is 16.4 Å². The Morgan fingerprint density at radius 1 is 1.00 bits per heavy atom. The van der Waals surface area contributed by atoms with Gasteiger partial charge in [-0.3, -0.25) is 4.79 Å². The second kappa shape index (κ2) is 9.28. The van der Waals surface area contributed by atoms with Gasteiger partial charge in [0.15, 0.2) is 0 Å². The third kappa shape index (κ3) is 4.89. The maximum atomic E-state index is 13.1. The van der Waals surface area contributed by atoms with Crippen LogP contribution in [0, 0.1) is 0 Å². The van der Waals surface area contributed by atoms with Crippen molar-refractivity contribution in [3.8, 4) is 11.5 Å². The Hall–Kier alpha value is -2.58. The maximum Gasteiger partial charge on any atom is 0.246 e. The molecule has 1 N–H and O–H groups in total. The van der Waals surface area contributed by atoms with Gasteiger partial charge in [-0.15, -0.1) is 0 Å². The molecule has 1 fully saturated rings. The van der Waals surface area contributed by atoms with Crippen molar-refractivity contribution in [1.29, 1.82) is 0 Å². The summed E-state index contributed by atoms with van der Waals surface area (Å²) < 4.78 is 38.2. The van der Waals surface area contributed by atoms with E-state index in [1.165, 1.54) is 17.5 Å². The van der Waals surface area contributed by atoms with Crippen LogP contribution in [0.5, 0.6) is 11.5 Å². The van der Waals surface area contributed by atoms with E-state index in [4.69, 9.17) is 9.47 Å². The molecule has 0 spiro atoms. The maximum absolute atomic E-state index is 13.1. The molecule has 29 heavy (non-hydrogen) atoms. The van der Waals surface area contributed by atoms with Crippen molar-refractivity contribution in [2.45, 2.75) is 30.6 Å². The van der Waals surface area contributed by atoms with Crippen molar-refractivity contribution in [3.63, 3.8) is 0 Å². The fourth-order valence-electron chi connectivity index (χ4n) is 3.43. The topological polar surface area (TPSA) is 84.9 Å². The largest absolute Gasteiger partial charge is 0.496 e. The standard InChI is InChI=1S/C21H26N2O5S/c1-27-18-9-5-4-8-16(18)14-21(24)22-17-10-11-19(28-2)20(15-17)29(25,26)23-12-6-3-7-13-23/h4-5,8-11,15H,3,6-7,12-14H2,1-2H3,(H,22,24). The number of ether oxygens (including phenoxy) is 2. The Bertz CT molecular complexity index is 969. The summed E-state index contributed by atoms with van der Waals surface area (Å²) in [6.45, 7) is 0.992. The molecule has 0 aromatic heterocycles. The van der Waals surface area contributed by atoms with Crippen LogP contribution in [0.3, 0.4) is 0 Å². The van der Waals surface area contributed by atoms with Crippen LogP contribution in [0.25, 0.3) is 0 Å². The van der Waals surface area contributed by atoms with E-state index < -0.39 is 10.0 Å². The van der Waals surface area contributed by atoms with E-state index in [1.807, 2.05) is 18.2 Å². The van der Waals surface area contributed by atoms with Crippen molar-refractivity contribution in [3.05, 3.63) is 48.0 Å². The van der Waals surface area contributed by atoms with Crippen LogP contribution in [-0.4, -0.2) is 45.9 Å². The van der Waals surface area contributed by atoms with Gasteiger partial charge in [0.05, 0.1) is 20.6 Å². The highest BCUT2D eigenvalue weighted by Crippen LogP contribution is 2.31. The number of piperidine rings is 1. The number of amides is 1. The van der Waals surface area contributed by atoms with Crippen LogP contribution in [0.1, 0.15) is 24.8 Å². The van der Waals surface area contributed by atoms with Crippen molar-refractivity contribution >= 4 is 21.6 Å². The van der Waals surface area contributed by atoms with Gasteiger partial charge in [-0.25, -0.2) is 8.42 Å². The minimum atomic E-state index is -3.70. The summed E-state index contributed by atoms with van der Waals surface area (Å²) in [7, 11) is -0.707. The zero-order valence-corrected chi connectivity index (χ0v) is 17.5. The first-order valence-electron chi connectivity index (χ1n) is 9.55. The smallest absolute Gasteiger partial charge is 0.246 e. The van der Waals surface area contributed by atoms with Crippen LogP contribution < -0.4 is 14.8 Å². The van der Waals surface area contributed by atoms with Crippen LogP contribution in [0.15, 0.2) is 47.4 Å². The first-order valence-corrected chi connectivity index (χ1v) is 11.0. The summed E-state index contributed by atoms with van der Waals surface area (Å²) in [5.74, 6) is 0.630. The summed E-state index contributed by atoms with van der Waals surface area (Å²) in [5, 5.41) is 2.78. The average Bonchev–Trinajstić information content (AvgIpc) is 2.74. The lowest BCUT2D eigenvalue weighted by atomic mass is 10.1. The zero-order valence-electron chi connectivity index (χ0n) is 16.7. The number of nitrogens with one attached hydrogen (secondary N) is 1. The van der Waals surface area contributed by atoms with Gasteiger partial charge in [0.2, 0.25) is 15.9 Å². The number of anilines is 1. The Labute approximate surface area is 171 Å². The van der Waals surface area contributed by atoms with Crippen LogP contribution in [0.4, 0.5) is 5.69 Å². The van der Waals surface area contributed by atoms with Gasteiger partial charge >= 0.3 is 0 Å². The van der Waals surface area contributed by atoms with E-state index in [1.54, 1.807) is 25.3 Å². The van der Waals surface area contributed by atoms with E-state index in [0.717, 1.165) is 24.8 Å². The van der Waals surface area contributed by atoms with Crippen LogP contribution in [-0.2, 0) is 21.2 Å². The molecule has 156 valence electrons. The molecule has 3 rings (SSSR count). The highest BCUT2D eigenvalue weighted by Gasteiger charge is 2.29. The Kier molecular flexibility index (Phi) is 6.76. The lowest BCUT2D eigenvalue weighted by Gasteiger charge is -2.26. The monoisotopic (exact) mass is 418 g/mol. The number of benzene rings is 2. The molecule has 1 heterocycles. The van der Waals surface area contributed by atoms with Gasteiger partial charge in [-0.2, -0.15) is 4.31 Å². The summed E-state index contributed by atoms with van der Waals surface area (Å²) in [6, 6.07) is 11.9. The average molecular weight is 419 g/mol. The second-order valence-corrected chi connectivity index (χ2v) is 8.77. The third-order valence-corrected chi connectivity index (χ3v) is 6.84. The molecule has 7 nitrogen and oxygen atoms in total. The molecule has 1 amide bonds. The molecular weight excluding hydrogens is 392 g/mol. The fourth-order valence-corrected chi connectivity index (χ4v) is 5.13. The molecule has 0 radical (unpaired) electrons. The van der Waals surface area contributed by atoms with Crippen molar-refractivity contribution in [1.82, 2.24) is 4.31 Å². The van der Waals surface area contributed by atoms with Crippen LogP contribution in [0.2, 0.25) is 0 Å². The highest BCUT2D eigenvalue weighted by atomic mass is 32.2. The third-order valence-electron chi connectivity index (χ3n) is 4.92. The minimum Gasteiger partial charge on any atom is -0.496 e. The number of para-hydroxylation sites is 1. The van der Waals surface area contributed by atoms with E-state index in [0.29, 0.717) is 24.5 Å². The molecule has 0 bridgehead atoms. The van der Waals surface area contributed by atoms with Crippen molar-refractivity contribution in [2.24, 2.45) is 0 Å². The number of carbonyl (C=O) groups excluding carboxylic acids is 1. The molecule has 2 aromatic rings. The molecule has 2 aromatic carbocycles. The predicted octanol–water partition coefficient (Wildman–Crippen LogP) is 3.06. The SMILES string of the molecule is COc1ccccc1CC(=O)Nc1ccc(OC)c(S(=O)(=O)N2CCCCC2)c1. The zero-order chi connectivity index (χ0) is 20.9. The first kappa shape index (κ1) is 21.1. The summed E-state index contributed by atoms with van der Waals surface area (Å²) in [6.07, 6.45) is 2.83. The number of carbonyl (C=O) groups is 1. The van der Waals surface area contributed by atoms with Gasteiger partial charge < -0.3 is 14.8 Å². The Balaban J connectivity index is 1.82. The molecule has 0 atom stereocenters. The number of methoxy groups -OCH3 is 2. The number of hydrogen-bond acceptors (Lipinski definition) is 5. The Morgan fingerprint density at radius 2 is 1.69 bits per heavy atom.